The Morgan fingerprint density at radius 1 is 1.22 bits per heavy atom. The van der Waals surface area contributed by atoms with Gasteiger partial charge in [0.05, 0.1) is 29.3 Å². The Bertz CT molecular complexity index is 885. The summed E-state index contributed by atoms with van der Waals surface area (Å²) in [6.45, 7) is 2.44. The van der Waals surface area contributed by atoms with Crippen LogP contribution < -0.4 is 16.7 Å². The fourth-order valence-corrected chi connectivity index (χ4v) is 4.07. The van der Waals surface area contributed by atoms with E-state index >= 15 is 0 Å². The van der Waals surface area contributed by atoms with Crippen molar-refractivity contribution in [2.24, 2.45) is 11.7 Å². The molecule has 1 aliphatic heterocycles. The van der Waals surface area contributed by atoms with Crippen molar-refractivity contribution < 1.29 is 4.79 Å². The molecule has 0 radical (unpaired) electrons. The van der Waals surface area contributed by atoms with Gasteiger partial charge in [0.15, 0.2) is 5.78 Å². The van der Waals surface area contributed by atoms with Crippen LogP contribution in [0.15, 0.2) is 60.1 Å². The first kappa shape index (κ1) is 19.5. The number of hydrazine groups is 2. The third-order valence-electron chi connectivity index (χ3n) is 4.33. The van der Waals surface area contributed by atoms with Gasteiger partial charge in [-0.3, -0.25) is 14.8 Å². The molecule has 0 saturated heterocycles. The molecule has 1 aliphatic rings. The molecule has 0 fully saturated rings. The van der Waals surface area contributed by atoms with Gasteiger partial charge in [-0.15, -0.1) is 11.8 Å². The highest BCUT2D eigenvalue weighted by atomic mass is 32.2. The number of anilines is 1. The molecule has 0 bridgehead atoms. The number of carbonyl (C=O) groups is 1. The summed E-state index contributed by atoms with van der Waals surface area (Å²) in [6, 6.07) is 11.2. The number of thioether (sulfide) groups is 1. The minimum atomic E-state index is -0.0560. The largest absolute Gasteiger partial charge is 0.309 e. The molecule has 2 heterocycles. The van der Waals surface area contributed by atoms with Gasteiger partial charge < -0.3 is 5.01 Å². The van der Waals surface area contributed by atoms with Gasteiger partial charge in [0.25, 0.3) is 0 Å². The smallest absolute Gasteiger partial charge is 0.177 e. The fraction of sp³-hybridized carbons (Fsp3) is 0.211. The minimum Gasteiger partial charge on any atom is -0.309 e. The first-order valence-electron chi connectivity index (χ1n) is 8.39. The van der Waals surface area contributed by atoms with E-state index in [2.05, 4.69) is 4.98 Å². The van der Waals surface area contributed by atoms with Crippen LogP contribution in [0.5, 0.6) is 0 Å². The van der Waals surface area contributed by atoms with Crippen molar-refractivity contribution in [2.45, 2.75) is 13.5 Å². The van der Waals surface area contributed by atoms with Crippen molar-refractivity contribution in [1.29, 1.82) is 0 Å². The van der Waals surface area contributed by atoms with E-state index in [0.29, 0.717) is 35.0 Å². The lowest BCUT2D eigenvalue weighted by Crippen LogP contribution is -2.43. The summed E-state index contributed by atoms with van der Waals surface area (Å²) in [7, 11) is 0. The molecule has 6 nitrogen and oxygen atoms in total. The zero-order valence-electron chi connectivity index (χ0n) is 15.0. The zero-order chi connectivity index (χ0) is 19.4. The summed E-state index contributed by atoms with van der Waals surface area (Å²) in [5, 5.41) is 2.96. The Hall–Kier alpha value is -2.26. The van der Waals surface area contributed by atoms with Gasteiger partial charge in [0, 0.05) is 18.1 Å². The molecule has 2 aromatic rings. The van der Waals surface area contributed by atoms with E-state index in [4.69, 9.17) is 23.9 Å². The number of carbonyl (C=O) groups excluding carboxylic acids is 1. The van der Waals surface area contributed by atoms with Crippen LogP contribution in [-0.4, -0.2) is 32.3 Å². The molecule has 4 N–H and O–H groups in total. The van der Waals surface area contributed by atoms with E-state index in [0.717, 1.165) is 11.1 Å². The van der Waals surface area contributed by atoms with E-state index in [1.54, 1.807) is 17.4 Å². The zero-order valence-corrected chi connectivity index (χ0v) is 16.6. The molecule has 1 aromatic heterocycles. The second kappa shape index (κ2) is 8.62. The molecular weight excluding hydrogens is 378 g/mol. The second-order valence-electron chi connectivity index (χ2n) is 6.18. The van der Waals surface area contributed by atoms with E-state index in [-0.39, 0.29) is 10.8 Å². The Balaban J connectivity index is 1.92. The van der Waals surface area contributed by atoms with Gasteiger partial charge in [-0.25, -0.2) is 11.7 Å². The molecule has 140 valence electrons. The predicted octanol–water partition coefficient (Wildman–Crippen LogP) is 2.34. The molecule has 0 aliphatic carbocycles. The highest BCUT2D eigenvalue weighted by Crippen LogP contribution is 2.27. The van der Waals surface area contributed by atoms with E-state index in [1.165, 1.54) is 16.8 Å². The van der Waals surface area contributed by atoms with Gasteiger partial charge in [-0.05, 0) is 36.2 Å². The van der Waals surface area contributed by atoms with Crippen molar-refractivity contribution in [2.75, 3.05) is 16.5 Å². The first-order valence-corrected chi connectivity index (χ1v) is 9.95. The highest BCUT2D eigenvalue weighted by molar-refractivity contribution is 8.00. The normalized spacial score (nSPS) is 14.3. The van der Waals surface area contributed by atoms with Gasteiger partial charge in [0.1, 0.15) is 4.99 Å². The average molecular weight is 400 g/mol. The summed E-state index contributed by atoms with van der Waals surface area (Å²) in [5.41, 5.74) is 3.92. The quantitative estimate of drug-likeness (QED) is 0.450. The molecular formula is C19H21N5OS2. The van der Waals surface area contributed by atoms with Gasteiger partial charge in [-0.1, -0.05) is 30.4 Å². The lowest BCUT2D eigenvalue weighted by Gasteiger charge is -2.30. The predicted molar refractivity (Wildman–Crippen MR) is 114 cm³/mol. The Morgan fingerprint density at radius 2 is 1.96 bits per heavy atom. The summed E-state index contributed by atoms with van der Waals surface area (Å²) < 4.78 is 0. The number of ketones is 1. The summed E-state index contributed by atoms with van der Waals surface area (Å²) in [6.07, 6.45) is 3.52. The number of nitrogens with two attached hydrogens (primary N) is 2. The standard InChI is InChI=1S/C19H21N5OS2/c1-13-9-22-8-7-14(13)10-23(20)16-11-27-12-17(25)18(16)19(26)24(21)15-5-3-2-4-6-15/h2-9H,10-12,20-21H2,1H3. The van der Waals surface area contributed by atoms with Crippen molar-refractivity contribution >= 4 is 40.4 Å². The van der Waals surface area contributed by atoms with Crippen molar-refractivity contribution in [1.82, 2.24) is 9.99 Å². The highest BCUT2D eigenvalue weighted by Gasteiger charge is 2.29. The van der Waals surface area contributed by atoms with Crippen LogP contribution >= 0.6 is 24.0 Å². The Morgan fingerprint density at radius 3 is 2.67 bits per heavy atom. The van der Waals surface area contributed by atoms with E-state index in [9.17, 15) is 4.79 Å². The summed E-state index contributed by atoms with van der Waals surface area (Å²) >= 11 is 7.09. The lowest BCUT2D eigenvalue weighted by atomic mass is 10.1. The third kappa shape index (κ3) is 4.36. The number of nitrogens with zero attached hydrogens (tertiary/aromatic N) is 3. The number of Topliss-reactive ketones (excluding diaryl/α,β-unsaturated/α-hetero) is 1. The maximum absolute atomic E-state index is 12.7. The third-order valence-corrected chi connectivity index (χ3v) is 5.67. The van der Waals surface area contributed by atoms with Crippen molar-refractivity contribution in [3.63, 3.8) is 0 Å². The number of benzene rings is 1. The molecule has 0 amide bonds. The lowest BCUT2D eigenvalue weighted by molar-refractivity contribution is -0.113. The molecule has 0 unspecified atom stereocenters. The number of hydrogen-bond acceptors (Lipinski definition) is 7. The molecule has 0 atom stereocenters. The number of thiocarbonyl (C=S) groups is 1. The molecule has 0 spiro atoms. The molecule has 3 rings (SSSR count). The number of rotatable bonds is 5. The monoisotopic (exact) mass is 399 g/mol. The summed E-state index contributed by atoms with van der Waals surface area (Å²) in [4.78, 5) is 17.0. The molecule has 27 heavy (non-hydrogen) atoms. The minimum absolute atomic E-state index is 0.0560. The Labute approximate surface area is 168 Å². The molecule has 0 saturated carbocycles. The summed E-state index contributed by atoms with van der Waals surface area (Å²) in [5.74, 6) is 13.5. The van der Waals surface area contributed by atoms with Crippen LogP contribution in [0.1, 0.15) is 11.1 Å². The van der Waals surface area contributed by atoms with Crippen molar-refractivity contribution in [3.8, 4) is 0 Å². The fourth-order valence-electron chi connectivity index (χ4n) is 2.80. The van der Waals surface area contributed by atoms with Crippen LogP contribution in [-0.2, 0) is 11.3 Å². The maximum Gasteiger partial charge on any atom is 0.177 e. The topological polar surface area (TPSA) is 88.5 Å². The van der Waals surface area contributed by atoms with E-state index < -0.39 is 0 Å². The second-order valence-corrected chi connectivity index (χ2v) is 7.55. The van der Waals surface area contributed by atoms with Crippen LogP contribution in [0.2, 0.25) is 0 Å². The van der Waals surface area contributed by atoms with Crippen LogP contribution in [0, 0.1) is 6.92 Å². The van der Waals surface area contributed by atoms with Gasteiger partial charge in [-0.2, -0.15) is 0 Å². The number of pyridine rings is 1. The first-order chi connectivity index (χ1) is 13.0. The van der Waals surface area contributed by atoms with Gasteiger partial charge in [0.2, 0.25) is 0 Å². The maximum atomic E-state index is 12.7. The van der Waals surface area contributed by atoms with Gasteiger partial charge >= 0.3 is 0 Å². The number of aryl methyl sites for hydroxylation is 1. The average Bonchev–Trinajstić information content (AvgIpc) is 2.69. The van der Waals surface area contributed by atoms with Crippen LogP contribution in [0.4, 0.5) is 5.69 Å². The van der Waals surface area contributed by atoms with Crippen LogP contribution in [0.25, 0.3) is 0 Å². The van der Waals surface area contributed by atoms with Crippen molar-refractivity contribution in [3.05, 3.63) is 71.2 Å². The number of aromatic nitrogens is 1. The van der Waals surface area contributed by atoms with E-state index in [1.807, 2.05) is 43.3 Å². The number of hydrogen-bond donors (Lipinski definition) is 2. The van der Waals surface area contributed by atoms with Crippen LogP contribution in [0.3, 0.4) is 0 Å². The molecule has 1 aromatic carbocycles. The Kier molecular flexibility index (Phi) is 6.22. The molecule has 8 heteroatoms. The number of para-hydroxylation sites is 1. The SMILES string of the molecule is Cc1cnccc1CN(N)C1=C(C(=S)N(N)c2ccccc2)C(=O)CSC1.